The Bertz CT molecular complexity index is 877. The van der Waals surface area contributed by atoms with Crippen LogP contribution in [0, 0.1) is 0 Å². The number of anilines is 1. The monoisotopic (exact) mass is 292 g/mol. The van der Waals surface area contributed by atoms with Crippen LogP contribution >= 0.6 is 0 Å². The highest BCUT2D eigenvalue weighted by Gasteiger charge is 2.20. The number of nitrogens with zero attached hydrogens (tertiary/aromatic N) is 5. The normalized spacial score (nSPS) is 16.1. The average Bonchev–Trinajstić information content (AvgIpc) is 2.89. The van der Waals surface area contributed by atoms with Crippen molar-refractivity contribution in [1.29, 1.82) is 0 Å². The van der Waals surface area contributed by atoms with Gasteiger partial charge < -0.3 is 5.32 Å². The minimum atomic E-state index is -0.138. The molecule has 6 nitrogen and oxygen atoms in total. The number of hydrogen-bond donors (Lipinski definition) is 1. The number of pyridine rings is 1. The molecule has 0 saturated heterocycles. The van der Waals surface area contributed by atoms with Gasteiger partial charge in [-0.15, -0.1) is 5.10 Å². The third-order valence-electron chi connectivity index (χ3n) is 3.74. The van der Waals surface area contributed by atoms with Gasteiger partial charge in [-0.25, -0.2) is 9.67 Å². The third kappa shape index (κ3) is 2.13. The molecule has 3 heterocycles. The van der Waals surface area contributed by atoms with Crippen molar-refractivity contribution < 1.29 is 0 Å². The van der Waals surface area contributed by atoms with Gasteiger partial charge in [0.25, 0.3) is 0 Å². The van der Waals surface area contributed by atoms with Crippen LogP contribution in [0.15, 0.2) is 41.5 Å². The van der Waals surface area contributed by atoms with Crippen LogP contribution in [0.5, 0.6) is 0 Å². The molecule has 0 atom stereocenters. The Labute approximate surface area is 127 Å². The standard InChI is InChI=1S/C16H16N6/c1-16(2)10-18-15-11(8-19-16)7-12(9-17-15)22-14-6-4-3-5-13(14)20-21-22/h3-9H,10H2,1-2H3,(H,17,18). The molecule has 110 valence electrons. The van der Waals surface area contributed by atoms with E-state index < -0.39 is 0 Å². The molecule has 0 bridgehead atoms. The smallest absolute Gasteiger partial charge is 0.135 e. The van der Waals surface area contributed by atoms with Gasteiger partial charge in [-0.3, -0.25) is 4.99 Å². The van der Waals surface area contributed by atoms with Crippen molar-refractivity contribution in [3.8, 4) is 5.69 Å². The van der Waals surface area contributed by atoms with Gasteiger partial charge in [0.2, 0.25) is 0 Å². The number of hydrogen-bond acceptors (Lipinski definition) is 5. The second kappa shape index (κ2) is 4.62. The first kappa shape index (κ1) is 12.9. The highest BCUT2D eigenvalue weighted by molar-refractivity contribution is 5.88. The van der Waals surface area contributed by atoms with Crippen LogP contribution in [0.4, 0.5) is 5.82 Å². The fraction of sp³-hybridized carbons (Fsp3) is 0.250. The molecule has 1 aliphatic rings. The Kier molecular flexibility index (Phi) is 2.72. The topological polar surface area (TPSA) is 68.0 Å². The van der Waals surface area contributed by atoms with Crippen LogP contribution in [-0.2, 0) is 0 Å². The molecule has 22 heavy (non-hydrogen) atoms. The number of aromatic nitrogens is 4. The average molecular weight is 292 g/mol. The lowest BCUT2D eigenvalue weighted by molar-refractivity contribution is 0.557. The van der Waals surface area contributed by atoms with Gasteiger partial charge in [-0.05, 0) is 32.0 Å². The zero-order valence-electron chi connectivity index (χ0n) is 12.5. The maximum absolute atomic E-state index is 4.61. The number of aliphatic imine (C=N–C) groups is 1. The number of rotatable bonds is 1. The fourth-order valence-corrected chi connectivity index (χ4v) is 2.48. The summed E-state index contributed by atoms with van der Waals surface area (Å²) in [6.45, 7) is 4.94. The molecule has 1 aromatic carbocycles. The lowest BCUT2D eigenvalue weighted by Crippen LogP contribution is -2.26. The van der Waals surface area contributed by atoms with Gasteiger partial charge in [0.05, 0.1) is 22.9 Å². The Balaban J connectivity index is 1.83. The summed E-state index contributed by atoms with van der Waals surface area (Å²) in [5.74, 6) is 0.850. The van der Waals surface area contributed by atoms with E-state index in [1.807, 2.05) is 36.5 Å². The predicted molar refractivity (Wildman–Crippen MR) is 86.8 cm³/mol. The van der Waals surface area contributed by atoms with Crippen molar-refractivity contribution in [2.75, 3.05) is 11.9 Å². The van der Waals surface area contributed by atoms with Crippen molar-refractivity contribution in [3.05, 3.63) is 42.1 Å². The molecule has 1 N–H and O–H groups in total. The van der Waals surface area contributed by atoms with Crippen molar-refractivity contribution in [1.82, 2.24) is 20.0 Å². The van der Waals surface area contributed by atoms with Gasteiger partial charge in [-0.2, -0.15) is 0 Å². The summed E-state index contributed by atoms with van der Waals surface area (Å²) in [5, 5.41) is 11.8. The molecular formula is C16H16N6. The minimum absolute atomic E-state index is 0.138. The number of benzene rings is 1. The Morgan fingerprint density at radius 3 is 3.00 bits per heavy atom. The summed E-state index contributed by atoms with van der Waals surface area (Å²) in [6, 6.07) is 9.90. The van der Waals surface area contributed by atoms with Crippen molar-refractivity contribution in [2.24, 2.45) is 4.99 Å². The quantitative estimate of drug-likeness (QED) is 0.748. The molecular weight excluding hydrogens is 276 g/mol. The zero-order valence-corrected chi connectivity index (χ0v) is 12.5. The molecule has 4 rings (SSSR count). The van der Waals surface area contributed by atoms with Gasteiger partial charge >= 0.3 is 0 Å². The highest BCUT2D eigenvalue weighted by Crippen LogP contribution is 2.22. The first-order valence-corrected chi connectivity index (χ1v) is 7.22. The Morgan fingerprint density at radius 1 is 1.23 bits per heavy atom. The van der Waals surface area contributed by atoms with Crippen LogP contribution in [0.25, 0.3) is 16.7 Å². The van der Waals surface area contributed by atoms with Crippen LogP contribution < -0.4 is 5.32 Å². The van der Waals surface area contributed by atoms with Gasteiger partial charge in [-0.1, -0.05) is 17.3 Å². The SMILES string of the molecule is CC1(C)CNc2ncc(-n3nnc4ccccc43)cc2C=N1. The molecule has 6 heteroatoms. The first-order chi connectivity index (χ1) is 10.6. The largest absolute Gasteiger partial charge is 0.367 e. The maximum atomic E-state index is 4.61. The lowest BCUT2D eigenvalue weighted by Gasteiger charge is -2.17. The fourth-order valence-electron chi connectivity index (χ4n) is 2.48. The molecule has 1 aliphatic heterocycles. The summed E-state index contributed by atoms with van der Waals surface area (Å²) in [4.78, 5) is 9.13. The summed E-state index contributed by atoms with van der Waals surface area (Å²) < 4.78 is 1.80. The number of fused-ring (bicyclic) bond motifs is 2. The van der Waals surface area contributed by atoms with Gasteiger partial charge in [0.1, 0.15) is 11.3 Å². The van der Waals surface area contributed by atoms with E-state index in [0.29, 0.717) is 0 Å². The molecule has 0 aliphatic carbocycles. The van der Waals surface area contributed by atoms with E-state index in [1.165, 1.54) is 0 Å². The molecule has 2 aromatic heterocycles. The first-order valence-electron chi connectivity index (χ1n) is 7.22. The number of nitrogens with one attached hydrogen (secondary N) is 1. The van der Waals surface area contributed by atoms with Crippen LogP contribution in [-0.4, -0.2) is 38.3 Å². The highest BCUT2D eigenvalue weighted by atomic mass is 15.4. The molecule has 0 fully saturated rings. The van der Waals surface area contributed by atoms with Crippen molar-refractivity contribution in [3.63, 3.8) is 0 Å². The summed E-state index contributed by atoms with van der Waals surface area (Å²) in [6.07, 6.45) is 3.68. The predicted octanol–water partition coefficient (Wildman–Crippen LogP) is 2.44. The zero-order chi connectivity index (χ0) is 15.2. The van der Waals surface area contributed by atoms with E-state index in [2.05, 4.69) is 39.5 Å². The van der Waals surface area contributed by atoms with Gasteiger partial charge in [0.15, 0.2) is 0 Å². The van der Waals surface area contributed by atoms with E-state index in [4.69, 9.17) is 0 Å². The second-order valence-corrected chi connectivity index (χ2v) is 6.05. The molecule has 0 radical (unpaired) electrons. The number of para-hydroxylation sites is 1. The molecule has 0 unspecified atom stereocenters. The van der Waals surface area contributed by atoms with E-state index >= 15 is 0 Å². The molecule has 0 amide bonds. The van der Waals surface area contributed by atoms with Crippen LogP contribution in [0.1, 0.15) is 19.4 Å². The molecule has 0 saturated carbocycles. The Hall–Kier alpha value is -2.76. The van der Waals surface area contributed by atoms with Crippen molar-refractivity contribution >= 4 is 23.1 Å². The molecule has 0 spiro atoms. The van der Waals surface area contributed by atoms with Crippen LogP contribution in [0.2, 0.25) is 0 Å². The minimum Gasteiger partial charge on any atom is -0.367 e. The van der Waals surface area contributed by atoms with E-state index in [-0.39, 0.29) is 5.54 Å². The lowest BCUT2D eigenvalue weighted by atomic mass is 10.1. The van der Waals surface area contributed by atoms with Gasteiger partial charge in [0, 0.05) is 18.3 Å². The summed E-state index contributed by atoms with van der Waals surface area (Å²) in [5.41, 5.74) is 3.53. The van der Waals surface area contributed by atoms with Crippen molar-refractivity contribution in [2.45, 2.75) is 19.4 Å². The Morgan fingerprint density at radius 2 is 2.09 bits per heavy atom. The van der Waals surface area contributed by atoms with Crippen LogP contribution in [0.3, 0.4) is 0 Å². The molecule has 3 aromatic rings. The van der Waals surface area contributed by atoms with E-state index in [9.17, 15) is 0 Å². The second-order valence-electron chi connectivity index (χ2n) is 6.05. The third-order valence-corrected chi connectivity index (χ3v) is 3.74. The van der Waals surface area contributed by atoms with E-state index in [0.717, 1.165) is 34.6 Å². The van der Waals surface area contributed by atoms with E-state index in [1.54, 1.807) is 10.9 Å². The summed E-state index contributed by atoms with van der Waals surface area (Å²) in [7, 11) is 0. The summed E-state index contributed by atoms with van der Waals surface area (Å²) >= 11 is 0. The maximum Gasteiger partial charge on any atom is 0.135 e.